The SMILES string of the molecule is Cc1ccc(OC2CC(C(=O)O)=CC(OP(=O)([O-])O)C2O)cc1.N#Cc1cc2ccc(OC3CC(C(=O)O)=CC(OP(=O)([O-])O)C3O)cc2oc1=O.O=C(O)C1=CC(OP(=O)([O-])O)C(O)C(Oc2c[nH]c3ccc(Br)c(Cl)c23)C1. The van der Waals surface area contributed by atoms with Crippen LogP contribution < -0.4 is 34.5 Å². The largest absolute Gasteiger partial charge is 0.756 e. The van der Waals surface area contributed by atoms with Crippen LogP contribution in [0.4, 0.5) is 0 Å². The number of ether oxygens (including phenoxy) is 3. The third-order valence-corrected chi connectivity index (χ3v) is 14.3. The molecule has 12 unspecified atom stereocenters. The van der Waals surface area contributed by atoms with Crippen molar-refractivity contribution in [2.24, 2.45) is 0 Å². The monoisotopic (exact) mass is 1250 g/mol. The van der Waals surface area contributed by atoms with Crippen LogP contribution in [0.3, 0.4) is 0 Å². The summed E-state index contributed by atoms with van der Waals surface area (Å²) in [5.74, 6) is -3.30. The number of nitriles is 1. The Morgan fingerprint density at radius 3 is 1.56 bits per heavy atom. The molecule has 424 valence electrons. The summed E-state index contributed by atoms with van der Waals surface area (Å²) in [6.07, 6.45) is -9.35. The summed E-state index contributed by atoms with van der Waals surface area (Å²) in [7, 11) is -15.6. The fourth-order valence-electron chi connectivity index (χ4n) is 7.88. The van der Waals surface area contributed by atoms with Gasteiger partial charge in [0.2, 0.25) is 0 Å². The molecule has 0 saturated heterocycles. The van der Waals surface area contributed by atoms with Gasteiger partial charge in [-0.3, -0.25) is 13.7 Å². The minimum absolute atomic E-state index is 0.0779. The smallest absolute Gasteiger partial charge is 0.354 e. The molecule has 0 bridgehead atoms. The highest BCUT2D eigenvalue weighted by molar-refractivity contribution is 9.10. The third kappa shape index (κ3) is 17.0. The van der Waals surface area contributed by atoms with E-state index in [2.05, 4.69) is 34.5 Å². The van der Waals surface area contributed by atoms with Gasteiger partial charge in [0.15, 0.2) is 0 Å². The molecule has 5 aromatic rings. The minimum atomic E-state index is -5.26. The van der Waals surface area contributed by atoms with Crippen molar-refractivity contribution in [1.82, 2.24) is 4.98 Å². The minimum Gasteiger partial charge on any atom is -0.756 e. The van der Waals surface area contributed by atoms with E-state index in [0.717, 1.165) is 23.8 Å². The summed E-state index contributed by atoms with van der Waals surface area (Å²) in [6.45, 7) is 1.88. The van der Waals surface area contributed by atoms with Crippen molar-refractivity contribution < 1.29 is 120 Å². The highest BCUT2D eigenvalue weighted by Gasteiger charge is 2.41. The summed E-state index contributed by atoms with van der Waals surface area (Å²) in [5.41, 5.74) is -0.0136. The van der Waals surface area contributed by atoms with Gasteiger partial charge in [0, 0.05) is 58.1 Å². The predicted octanol–water partition coefficient (Wildman–Crippen LogP) is 2.35. The number of nitrogens with one attached hydrogen (secondary N) is 1. The Bertz CT molecular complexity index is 3470. The Morgan fingerprint density at radius 1 is 0.696 bits per heavy atom. The molecule has 3 aliphatic carbocycles. The standard InChI is InChI=1S/C17H14NO10P.C15H14BrClNO8P.C14H17O8P/c18-7-10-3-8-1-2-11(6-12(8)27-17(10)22)26-13-4-9(16(20)21)5-14(15(13)19)28-29(23,24)25;16-7-1-2-8-12(13(7)17)11(5-18-8)25-9-3-6(15(20)21)4-10(14(9)19)26-27(22,23)24;1-8-2-4-10(5-3-8)21-11-6-9(14(16)17)7-12(13(11)15)22-23(18,19)20/h1-3,5-6,13-15,19H,4H2,(H,20,21)(H2,23,24,25);1-2,4-5,9-10,14,18-19H,3H2,(H,20,21)(H2,22,23,24);2-5,7,11-13,15H,6H2,1H3,(H,16,17)(H2,18,19,20)/p-3. The van der Waals surface area contributed by atoms with Crippen molar-refractivity contribution in [3.8, 4) is 23.3 Å². The average molecular weight is 1250 g/mol. The molecule has 3 aliphatic rings. The topological polar surface area (TPSA) is 479 Å². The van der Waals surface area contributed by atoms with Crippen molar-refractivity contribution in [1.29, 1.82) is 5.26 Å². The zero-order chi connectivity index (χ0) is 58.5. The molecule has 3 aromatic carbocycles. The van der Waals surface area contributed by atoms with Gasteiger partial charge in [-0.05, 0) is 83.5 Å². The van der Waals surface area contributed by atoms with Crippen molar-refractivity contribution in [3.63, 3.8) is 0 Å². The fraction of sp³-hybridized carbons (Fsp3) is 0.283. The maximum atomic E-state index is 11.7. The number of carboxylic acid groups (broad SMARTS) is 3. The number of aliphatic hydroxyl groups is 3. The van der Waals surface area contributed by atoms with Crippen LogP contribution in [0.15, 0.2) is 115 Å². The summed E-state index contributed by atoms with van der Waals surface area (Å²) >= 11 is 9.56. The lowest BCUT2D eigenvalue weighted by Gasteiger charge is -2.34. The second-order valence-electron chi connectivity index (χ2n) is 17.2. The lowest BCUT2D eigenvalue weighted by molar-refractivity contribution is -0.228. The second kappa shape index (κ2) is 25.6. The normalized spacial score (nSPS) is 25.1. The number of H-pyrrole nitrogens is 1. The van der Waals surface area contributed by atoms with Crippen LogP contribution in [0, 0.1) is 18.3 Å². The number of carbonyl (C=O) groups is 3. The second-order valence-corrected chi connectivity index (χ2v) is 21.8. The molecule has 28 nitrogen and oxygen atoms in total. The van der Waals surface area contributed by atoms with Crippen molar-refractivity contribution in [2.45, 2.75) is 81.1 Å². The molecule has 2 heterocycles. The lowest BCUT2D eigenvalue weighted by Crippen LogP contribution is -2.45. The Kier molecular flexibility index (Phi) is 20.1. The Balaban J connectivity index is 0.000000193. The molecule has 2 aromatic heterocycles. The number of benzene rings is 3. The number of aryl methyl sites for hydroxylation is 1. The number of hydrogen-bond acceptors (Lipinski definition) is 21. The highest BCUT2D eigenvalue weighted by Crippen LogP contribution is 2.42. The molecule has 0 spiro atoms. The fourth-order valence-corrected chi connectivity index (χ4v) is 9.95. The number of phosphoric acid groups is 3. The van der Waals surface area contributed by atoms with Gasteiger partial charge in [0.05, 0.1) is 15.9 Å². The first-order valence-corrected chi connectivity index (χ1v) is 28.0. The van der Waals surface area contributed by atoms with Crippen LogP contribution >= 0.6 is 51.0 Å². The first-order valence-electron chi connectivity index (χ1n) is 22.3. The summed E-state index contributed by atoms with van der Waals surface area (Å²) in [6, 6.07) is 17.5. The van der Waals surface area contributed by atoms with Gasteiger partial charge in [-0.15, -0.1) is 0 Å². The van der Waals surface area contributed by atoms with Gasteiger partial charge in [0.1, 0.15) is 89.4 Å². The molecule has 10 N–H and O–H groups in total. The van der Waals surface area contributed by atoms with E-state index in [1.54, 1.807) is 42.5 Å². The zero-order valence-electron chi connectivity index (χ0n) is 39.9. The maximum absolute atomic E-state index is 11.7. The first-order chi connectivity index (χ1) is 36.8. The van der Waals surface area contributed by atoms with E-state index in [9.17, 15) is 73.1 Å². The maximum Gasteiger partial charge on any atom is 0.354 e. The number of aromatic amines is 1. The molecule has 0 radical (unpaired) electrons. The number of aromatic nitrogens is 1. The number of carboxylic acids is 3. The van der Waals surface area contributed by atoms with E-state index in [1.165, 1.54) is 30.5 Å². The van der Waals surface area contributed by atoms with Gasteiger partial charge < -0.3 is 97.2 Å². The van der Waals surface area contributed by atoms with Crippen LogP contribution in [0.25, 0.3) is 21.9 Å². The van der Waals surface area contributed by atoms with Crippen LogP contribution in [0.2, 0.25) is 5.02 Å². The zero-order valence-corrected chi connectivity index (χ0v) is 44.9. The summed E-state index contributed by atoms with van der Waals surface area (Å²) < 4.78 is 68.4. The van der Waals surface area contributed by atoms with E-state index >= 15 is 0 Å². The van der Waals surface area contributed by atoms with Gasteiger partial charge in [-0.25, -0.2) is 19.2 Å². The third-order valence-electron chi connectivity index (χ3n) is 11.5. The Morgan fingerprint density at radius 2 is 1.13 bits per heavy atom. The van der Waals surface area contributed by atoms with E-state index in [0.29, 0.717) is 31.5 Å². The molecule has 0 amide bonds. The van der Waals surface area contributed by atoms with E-state index < -0.39 is 102 Å². The van der Waals surface area contributed by atoms with E-state index in [4.69, 9.17) is 55.3 Å². The number of hydrogen-bond donors (Lipinski definition) is 10. The quantitative estimate of drug-likeness (QED) is 0.0531. The van der Waals surface area contributed by atoms with Gasteiger partial charge in [-0.2, -0.15) is 5.26 Å². The van der Waals surface area contributed by atoms with Crippen LogP contribution in [0.1, 0.15) is 30.4 Å². The highest BCUT2D eigenvalue weighted by atomic mass is 79.9. The molecular weight excluding hydrogens is 1200 g/mol. The molecular formula is C46H42BrClN2O26P3-3. The van der Waals surface area contributed by atoms with Crippen LogP contribution in [0.5, 0.6) is 17.2 Å². The number of rotatable bonds is 15. The number of fused-ring (bicyclic) bond motifs is 2. The number of aliphatic carboxylic acids is 3. The van der Waals surface area contributed by atoms with Crippen LogP contribution in [-0.2, 0) is 41.6 Å². The number of aliphatic hydroxyl groups excluding tert-OH is 3. The van der Waals surface area contributed by atoms with Crippen molar-refractivity contribution in [2.75, 3.05) is 0 Å². The summed E-state index contributed by atoms with van der Waals surface area (Å²) in [5, 5.41) is 68.5. The van der Waals surface area contributed by atoms with Crippen LogP contribution in [-0.4, -0.2) is 123 Å². The Labute approximate surface area is 456 Å². The van der Waals surface area contributed by atoms with E-state index in [-0.39, 0.29) is 58.6 Å². The molecule has 79 heavy (non-hydrogen) atoms. The molecule has 12 atom stereocenters. The first kappa shape index (κ1) is 62.1. The molecule has 0 saturated carbocycles. The number of nitrogens with zero attached hydrogens (tertiary/aromatic N) is 1. The molecule has 0 aliphatic heterocycles. The number of halogens is 2. The summed E-state index contributed by atoms with van der Waals surface area (Å²) in [4.78, 5) is 108. The van der Waals surface area contributed by atoms with Gasteiger partial charge >= 0.3 is 23.5 Å². The van der Waals surface area contributed by atoms with Gasteiger partial charge in [-0.1, -0.05) is 29.3 Å². The van der Waals surface area contributed by atoms with E-state index in [1.807, 2.05) is 6.92 Å². The lowest BCUT2D eigenvalue weighted by atomic mass is 9.92. The number of phosphoric ester groups is 3. The molecule has 0 fully saturated rings. The average Bonchev–Trinajstić information content (AvgIpc) is 3.88. The predicted molar refractivity (Wildman–Crippen MR) is 266 cm³/mol. The Hall–Kier alpha value is -6.09. The van der Waals surface area contributed by atoms with Gasteiger partial charge in [0.25, 0.3) is 23.5 Å². The van der Waals surface area contributed by atoms with Crippen molar-refractivity contribution in [3.05, 3.63) is 133 Å². The van der Waals surface area contributed by atoms with Crippen molar-refractivity contribution >= 4 is 90.8 Å². The molecule has 8 rings (SSSR count). The molecule has 33 heteroatoms.